The van der Waals surface area contributed by atoms with E-state index in [2.05, 4.69) is 0 Å². The smallest absolute Gasteiger partial charge is 0.289 e. The summed E-state index contributed by atoms with van der Waals surface area (Å²) in [5, 5.41) is 8.59. The second kappa shape index (κ2) is 5.29. The van der Waals surface area contributed by atoms with Gasteiger partial charge < -0.3 is 20.3 Å². The maximum Gasteiger partial charge on any atom is 0.289 e. The molecule has 0 bridgehead atoms. The number of methoxy groups -OCH3 is 2. The molecule has 0 heterocycles. The first-order valence-electron chi connectivity index (χ1n) is 4.92. The Hall–Kier alpha value is -1.40. The SMILES string of the molecule is COc1cc(OC)cc([C@H](N)C(F)(F)CO)c1. The van der Waals surface area contributed by atoms with Crippen LogP contribution in [0.25, 0.3) is 0 Å². The van der Waals surface area contributed by atoms with Crippen LogP contribution < -0.4 is 15.2 Å². The van der Waals surface area contributed by atoms with Crippen molar-refractivity contribution in [2.45, 2.75) is 12.0 Å². The number of nitrogens with two attached hydrogens (primary N) is 1. The first kappa shape index (κ1) is 13.7. The molecule has 6 heteroatoms. The molecule has 1 aromatic rings. The van der Waals surface area contributed by atoms with E-state index >= 15 is 0 Å². The lowest BCUT2D eigenvalue weighted by Gasteiger charge is -2.22. The molecule has 96 valence electrons. The van der Waals surface area contributed by atoms with Gasteiger partial charge in [0.15, 0.2) is 0 Å². The fraction of sp³-hybridized carbons (Fsp3) is 0.455. The zero-order valence-corrected chi connectivity index (χ0v) is 9.61. The lowest BCUT2D eigenvalue weighted by atomic mass is 10.0. The molecule has 0 aromatic heterocycles. The zero-order chi connectivity index (χ0) is 13.1. The number of halogens is 2. The van der Waals surface area contributed by atoms with Crippen LogP contribution in [0, 0.1) is 0 Å². The van der Waals surface area contributed by atoms with Crippen molar-refractivity contribution >= 4 is 0 Å². The average Bonchev–Trinajstić information content (AvgIpc) is 2.36. The Morgan fingerprint density at radius 1 is 1.24 bits per heavy atom. The molecular formula is C11H15F2NO3. The molecule has 0 saturated heterocycles. The van der Waals surface area contributed by atoms with Crippen LogP contribution in [0.15, 0.2) is 18.2 Å². The summed E-state index contributed by atoms with van der Waals surface area (Å²) in [5.74, 6) is -2.66. The minimum absolute atomic E-state index is 0.139. The fourth-order valence-corrected chi connectivity index (χ4v) is 1.35. The van der Waals surface area contributed by atoms with Gasteiger partial charge in [0.25, 0.3) is 5.92 Å². The lowest BCUT2D eigenvalue weighted by molar-refractivity contribution is -0.0712. The van der Waals surface area contributed by atoms with Gasteiger partial charge in [0.1, 0.15) is 18.1 Å². The summed E-state index contributed by atoms with van der Waals surface area (Å²) in [6, 6.07) is 2.71. The number of hydrogen-bond acceptors (Lipinski definition) is 4. The van der Waals surface area contributed by atoms with Crippen LogP contribution in [0.1, 0.15) is 11.6 Å². The summed E-state index contributed by atoms with van der Waals surface area (Å²) in [7, 11) is 2.82. The zero-order valence-electron chi connectivity index (χ0n) is 9.61. The Bertz CT molecular complexity index is 363. The maximum absolute atomic E-state index is 13.2. The van der Waals surface area contributed by atoms with Crippen LogP contribution in [0.5, 0.6) is 11.5 Å². The van der Waals surface area contributed by atoms with Gasteiger partial charge in [-0.05, 0) is 17.7 Å². The van der Waals surface area contributed by atoms with Crippen LogP contribution in [-0.2, 0) is 0 Å². The van der Waals surface area contributed by atoms with E-state index in [9.17, 15) is 8.78 Å². The van der Waals surface area contributed by atoms with Gasteiger partial charge in [-0.25, -0.2) is 8.78 Å². The number of benzene rings is 1. The van der Waals surface area contributed by atoms with Gasteiger partial charge in [-0.2, -0.15) is 0 Å². The van der Waals surface area contributed by atoms with Crippen LogP contribution >= 0.6 is 0 Å². The Labute approximate surface area is 97.9 Å². The number of aliphatic hydroxyl groups excluding tert-OH is 1. The van der Waals surface area contributed by atoms with E-state index in [0.29, 0.717) is 11.5 Å². The van der Waals surface area contributed by atoms with Gasteiger partial charge >= 0.3 is 0 Å². The Kier molecular flexibility index (Phi) is 4.25. The average molecular weight is 247 g/mol. The van der Waals surface area contributed by atoms with Crippen molar-refractivity contribution in [1.82, 2.24) is 0 Å². The molecule has 0 saturated carbocycles. The summed E-state index contributed by atoms with van der Waals surface area (Å²) in [5.41, 5.74) is 5.55. The predicted molar refractivity (Wildman–Crippen MR) is 58.5 cm³/mol. The quantitative estimate of drug-likeness (QED) is 0.824. The molecular weight excluding hydrogens is 232 g/mol. The van der Waals surface area contributed by atoms with Gasteiger partial charge in [-0.1, -0.05) is 0 Å². The van der Waals surface area contributed by atoms with Crippen LogP contribution in [-0.4, -0.2) is 31.9 Å². The third kappa shape index (κ3) is 3.04. The second-order valence-corrected chi connectivity index (χ2v) is 3.54. The Morgan fingerprint density at radius 3 is 2.06 bits per heavy atom. The Balaban J connectivity index is 3.12. The molecule has 0 radical (unpaired) electrons. The third-order valence-electron chi connectivity index (χ3n) is 2.40. The molecule has 3 N–H and O–H groups in total. The van der Waals surface area contributed by atoms with E-state index in [0.717, 1.165) is 0 Å². The Morgan fingerprint density at radius 2 is 1.71 bits per heavy atom. The number of hydrogen-bond donors (Lipinski definition) is 2. The number of aliphatic hydroxyl groups is 1. The fourth-order valence-electron chi connectivity index (χ4n) is 1.35. The van der Waals surface area contributed by atoms with Crippen LogP contribution in [0.4, 0.5) is 8.78 Å². The number of ether oxygens (including phenoxy) is 2. The molecule has 0 aliphatic rings. The predicted octanol–water partition coefficient (Wildman–Crippen LogP) is 1.33. The summed E-state index contributed by atoms with van der Waals surface area (Å²) >= 11 is 0. The normalized spacial score (nSPS) is 13.3. The molecule has 0 amide bonds. The van der Waals surface area contributed by atoms with E-state index in [-0.39, 0.29) is 5.56 Å². The highest BCUT2D eigenvalue weighted by molar-refractivity contribution is 5.40. The third-order valence-corrected chi connectivity index (χ3v) is 2.40. The minimum atomic E-state index is -3.39. The van der Waals surface area contributed by atoms with Crippen molar-refractivity contribution in [3.05, 3.63) is 23.8 Å². The van der Waals surface area contributed by atoms with E-state index in [1.807, 2.05) is 0 Å². The molecule has 1 aromatic carbocycles. The van der Waals surface area contributed by atoms with Gasteiger partial charge in [-0.15, -0.1) is 0 Å². The number of alkyl halides is 2. The van der Waals surface area contributed by atoms with E-state index in [1.54, 1.807) is 6.07 Å². The monoisotopic (exact) mass is 247 g/mol. The first-order chi connectivity index (χ1) is 7.94. The largest absolute Gasteiger partial charge is 0.497 e. The molecule has 0 unspecified atom stereocenters. The highest BCUT2D eigenvalue weighted by Gasteiger charge is 2.37. The van der Waals surface area contributed by atoms with Crippen molar-refractivity contribution in [3.63, 3.8) is 0 Å². The summed E-state index contributed by atoms with van der Waals surface area (Å²) < 4.78 is 36.4. The highest BCUT2D eigenvalue weighted by atomic mass is 19.3. The molecule has 17 heavy (non-hydrogen) atoms. The lowest BCUT2D eigenvalue weighted by Crippen LogP contribution is -2.36. The van der Waals surface area contributed by atoms with Gasteiger partial charge in [0.05, 0.1) is 20.3 Å². The minimum Gasteiger partial charge on any atom is -0.497 e. The van der Waals surface area contributed by atoms with E-state index in [1.165, 1.54) is 26.4 Å². The van der Waals surface area contributed by atoms with Gasteiger partial charge in [-0.3, -0.25) is 0 Å². The molecule has 0 aliphatic heterocycles. The van der Waals surface area contributed by atoms with Crippen molar-refractivity contribution in [2.24, 2.45) is 5.73 Å². The summed E-state index contributed by atoms with van der Waals surface area (Å²) in [6.45, 7) is -1.31. The van der Waals surface area contributed by atoms with E-state index < -0.39 is 18.6 Å². The topological polar surface area (TPSA) is 64.7 Å². The van der Waals surface area contributed by atoms with Crippen LogP contribution in [0.3, 0.4) is 0 Å². The molecule has 0 fully saturated rings. The van der Waals surface area contributed by atoms with Crippen molar-refractivity contribution < 1.29 is 23.4 Å². The molecule has 4 nitrogen and oxygen atoms in total. The van der Waals surface area contributed by atoms with Crippen LogP contribution in [0.2, 0.25) is 0 Å². The molecule has 0 spiro atoms. The van der Waals surface area contributed by atoms with E-state index in [4.69, 9.17) is 20.3 Å². The molecule has 0 aliphatic carbocycles. The maximum atomic E-state index is 13.2. The highest BCUT2D eigenvalue weighted by Crippen LogP contribution is 2.33. The number of rotatable bonds is 5. The summed E-state index contributed by atoms with van der Waals surface area (Å²) in [6.07, 6.45) is 0. The summed E-state index contributed by atoms with van der Waals surface area (Å²) in [4.78, 5) is 0. The van der Waals surface area contributed by atoms with Crippen molar-refractivity contribution in [3.8, 4) is 11.5 Å². The molecule has 1 rings (SSSR count). The van der Waals surface area contributed by atoms with Crippen molar-refractivity contribution in [1.29, 1.82) is 0 Å². The van der Waals surface area contributed by atoms with Gasteiger partial charge in [0, 0.05) is 6.07 Å². The van der Waals surface area contributed by atoms with Gasteiger partial charge in [0.2, 0.25) is 0 Å². The molecule has 1 atom stereocenters. The first-order valence-corrected chi connectivity index (χ1v) is 4.92. The van der Waals surface area contributed by atoms with Crippen molar-refractivity contribution in [2.75, 3.05) is 20.8 Å². The second-order valence-electron chi connectivity index (χ2n) is 3.54. The standard InChI is InChI=1S/C11H15F2NO3/c1-16-8-3-7(4-9(5-8)17-2)10(14)11(12,13)6-15/h3-5,10,15H,6,14H2,1-2H3/t10-/m0/s1.